The Morgan fingerprint density at radius 2 is 2.33 bits per heavy atom. The van der Waals surface area contributed by atoms with Gasteiger partial charge in [0.1, 0.15) is 0 Å². The third kappa shape index (κ3) is 1.84. The topological polar surface area (TPSA) is 59.5 Å². The summed E-state index contributed by atoms with van der Waals surface area (Å²) in [5, 5.41) is 4.57. The molecule has 5 nitrogen and oxygen atoms in total. The molecule has 2 aromatic heterocycles. The maximum atomic E-state index is 5.85. The highest BCUT2D eigenvalue weighted by atomic mass is 15.4. The Labute approximate surface area is 107 Å². The minimum atomic E-state index is 0.386. The molecule has 1 saturated heterocycles. The molecule has 0 spiro atoms. The summed E-state index contributed by atoms with van der Waals surface area (Å²) in [4.78, 5) is 6.92. The van der Waals surface area contributed by atoms with Crippen LogP contribution >= 0.6 is 0 Å². The number of pyridine rings is 1. The Kier molecular flexibility index (Phi) is 2.91. The number of aryl methyl sites for hydroxylation is 1. The molecule has 0 saturated carbocycles. The maximum Gasteiger partial charge on any atom is 0.245 e. The van der Waals surface area contributed by atoms with Crippen LogP contribution in [0.1, 0.15) is 24.8 Å². The second kappa shape index (κ2) is 4.57. The van der Waals surface area contributed by atoms with Crippen LogP contribution < -0.4 is 10.6 Å². The van der Waals surface area contributed by atoms with Crippen LogP contribution in [-0.2, 0) is 0 Å². The molecule has 0 amide bonds. The smallest absolute Gasteiger partial charge is 0.245 e. The Balaban J connectivity index is 2.00. The van der Waals surface area contributed by atoms with Crippen molar-refractivity contribution in [3.05, 3.63) is 23.9 Å². The average Bonchev–Trinajstić information content (AvgIpc) is 2.84. The second-order valence-electron chi connectivity index (χ2n) is 4.95. The van der Waals surface area contributed by atoms with Crippen molar-refractivity contribution in [1.82, 2.24) is 14.6 Å². The Morgan fingerprint density at radius 3 is 3.11 bits per heavy atom. The third-order valence-corrected chi connectivity index (χ3v) is 3.70. The van der Waals surface area contributed by atoms with Gasteiger partial charge in [0.2, 0.25) is 5.95 Å². The SMILES string of the molecule is Cc1cccn2nc(N3CCCCC3CN)nc12. The van der Waals surface area contributed by atoms with E-state index in [1.165, 1.54) is 12.8 Å². The van der Waals surface area contributed by atoms with E-state index in [1.54, 1.807) is 0 Å². The molecular formula is C13H19N5. The third-order valence-electron chi connectivity index (χ3n) is 3.70. The van der Waals surface area contributed by atoms with E-state index in [0.29, 0.717) is 12.6 Å². The molecule has 2 aromatic rings. The van der Waals surface area contributed by atoms with Crippen LogP contribution in [0.2, 0.25) is 0 Å². The van der Waals surface area contributed by atoms with Crippen molar-refractivity contribution in [3.63, 3.8) is 0 Å². The van der Waals surface area contributed by atoms with Crippen molar-refractivity contribution in [2.24, 2.45) is 5.73 Å². The molecule has 1 atom stereocenters. The van der Waals surface area contributed by atoms with Gasteiger partial charge in [0.05, 0.1) is 0 Å². The molecule has 5 heteroatoms. The summed E-state index contributed by atoms with van der Waals surface area (Å²) >= 11 is 0. The highest BCUT2D eigenvalue weighted by molar-refractivity contribution is 5.51. The predicted molar refractivity (Wildman–Crippen MR) is 71.8 cm³/mol. The molecule has 1 fully saturated rings. The van der Waals surface area contributed by atoms with Crippen LogP contribution in [0.25, 0.3) is 5.65 Å². The quantitative estimate of drug-likeness (QED) is 0.867. The fraction of sp³-hybridized carbons (Fsp3) is 0.538. The molecule has 0 bridgehead atoms. The van der Waals surface area contributed by atoms with Gasteiger partial charge in [0.25, 0.3) is 0 Å². The van der Waals surface area contributed by atoms with E-state index in [1.807, 2.05) is 16.8 Å². The summed E-state index contributed by atoms with van der Waals surface area (Å²) in [5.74, 6) is 0.819. The van der Waals surface area contributed by atoms with Gasteiger partial charge in [0.15, 0.2) is 5.65 Å². The number of aromatic nitrogens is 3. The molecule has 0 aliphatic carbocycles. The molecular weight excluding hydrogens is 226 g/mol. The predicted octanol–water partition coefficient (Wildman–Crippen LogP) is 1.36. The normalized spacial score (nSPS) is 20.6. The van der Waals surface area contributed by atoms with Gasteiger partial charge in [-0.05, 0) is 37.8 Å². The van der Waals surface area contributed by atoms with Crippen molar-refractivity contribution in [2.45, 2.75) is 32.2 Å². The molecule has 0 radical (unpaired) electrons. The Morgan fingerprint density at radius 1 is 1.44 bits per heavy atom. The van der Waals surface area contributed by atoms with Crippen LogP contribution in [0.5, 0.6) is 0 Å². The number of hydrogen-bond acceptors (Lipinski definition) is 4. The first-order chi connectivity index (χ1) is 8.79. The molecule has 2 N–H and O–H groups in total. The largest absolute Gasteiger partial charge is 0.335 e. The lowest BCUT2D eigenvalue weighted by Gasteiger charge is -2.33. The van der Waals surface area contributed by atoms with E-state index < -0.39 is 0 Å². The van der Waals surface area contributed by atoms with Gasteiger partial charge in [-0.15, -0.1) is 5.10 Å². The van der Waals surface area contributed by atoms with Crippen molar-refractivity contribution >= 4 is 11.6 Å². The van der Waals surface area contributed by atoms with E-state index in [0.717, 1.165) is 30.1 Å². The molecule has 3 heterocycles. The zero-order chi connectivity index (χ0) is 12.5. The summed E-state index contributed by atoms with van der Waals surface area (Å²) < 4.78 is 1.85. The highest BCUT2D eigenvalue weighted by Crippen LogP contribution is 2.22. The van der Waals surface area contributed by atoms with Crippen LogP contribution in [0.15, 0.2) is 18.3 Å². The number of nitrogens with zero attached hydrogens (tertiary/aromatic N) is 4. The zero-order valence-corrected chi connectivity index (χ0v) is 10.7. The molecule has 1 aliphatic heterocycles. The number of fused-ring (bicyclic) bond motifs is 1. The summed E-state index contributed by atoms with van der Waals surface area (Å²) in [6, 6.07) is 4.44. The molecule has 1 aliphatic rings. The fourth-order valence-electron chi connectivity index (χ4n) is 2.66. The highest BCUT2D eigenvalue weighted by Gasteiger charge is 2.24. The lowest BCUT2D eigenvalue weighted by molar-refractivity contribution is 0.458. The summed E-state index contributed by atoms with van der Waals surface area (Å²) in [6.07, 6.45) is 5.54. The fourth-order valence-corrected chi connectivity index (χ4v) is 2.66. The molecule has 18 heavy (non-hydrogen) atoms. The van der Waals surface area contributed by atoms with Crippen molar-refractivity contribution < 1.29 is 0 Å². The van der Waals surface area contributed by atoms with Crippen LogP contribution in [-0.4, -0.2) is 33.7 Å². The lowest BCUT2D eigenvalue weighted by Crippen LogP contribution is -2.44. The molecule has 96 valence electrons. The van der Waals surface area contributed by atoms with E-state index >= 15 is 0 Å². The van der Waals surface area contributed by atoms with Gasteiger partial charge >= 0.3 is 0 Å². The first kappa shape index (κ1) is 11.5. The Bertz CT molecular complexity index is 547. The van der Waals surface area contributed by atoms with Gasteiger partial charge in [-0.25, -0.2) is 4.52 Å². The maximum absolute atomic E-state index is 5.85. The monoisotopic (exact) mass is 245 g/mol. The minimum Gasteiger partial charge on any atom is -0.335 e. The summed E-state index contributed by atoms with van der Waals surface area (Å²) in [7, 11) is 0. The van der Waals surface area contributed by atoms with Gasteiger partial charge in [-0.1, -0.05) is 6.07 Å². The summed E-state index contributed by atoms with van der Waals surface area (Å²) in [6.45, 7) is 3.75. The first-order valence-corrected chi connectivity index (χ1v) is 6.58. The van der Waals surface area contributed by atoms with Gasteiger partial charge in [0, 0.05) is 25.3 Å². The van der Waals surface area contributed by atoms with E-state index in [9.17, 15) is 0 Å². The second-order valence-corrected chi connectivity index (χ2v) is 4.95. The van der Waals surface area contributed by atoms with Gasteiger partial charge < -0.3 is 10.6 Å². The van der Waals surface area contributed by atoms with Gasteiger partial charge in [-0.2, -0.15) is 4.98 Å². The van der Waals surface area contributed by atoms with E-state index in [-0.39, 0.29) is 0 Å². The number of piperidine rings is 1. The molecule has 0 aromatic carbocycles. The minimum absolute atomic E-state index is 0.386. The lowest BCUT2D eigenvalue weighted by atomic mass is 10.0. The van der Waals surface area contributed by atoms with Crippen LogP contribution in [0, 0.1) is 6.92 Å². The molecule has 3 rings (SSSR count). The van der Waals surface area contributed by atoms with Gasteiger partial charge in [-0.3, -0.25) is 0 Å². The van der Waals surface area contributed by atoms with Crippen molar-refractivity contribution in [1.29, 1.82) is 0 Å². The van der Waals surface area contributed by atoms with Crippen molar-refractivity contribution in [3.8, 4) is 0 Å². The number of nitrogens with two attached hydrogens (primary N) is 1. The number of rotatable bonds is 2. The Hall–Kier alpha value is -1.62. The standard InChI is InChI=1S/C13H19N5/c1-10-5-4-8-18-12(10)15-13(16-18)17-7-3-2-6-11(17)9-14/h4-5,8,11H,2-3,6-7,9,14H2,1H3. The zero-order valence-electron chi connectivity index (χ0n) is 10.7. The van der Waals surface area contributed by atoms with E-state index in [2.05, 4.69) is 28.0 Å². The van der Waals surface area contributed by atoms with Crippen LogP contribution in [0.4, 0.5) is 5.95 Å². The number of anilines is 1. The summed E-state index contributed by atoms with van der Waals surface area (Å²) in [5.41, 5.74) is 7.94. The van der Waals surface area contributed by atoms with Crippen LogP contribution in [0.3, 0.4) is 0 Å². The first-order valence-electron chi connectivity index (χ1n) is 6.58. The number of hydrogen-bond donors (Lipinski definition) is 1. The average molecular weight is 245 g/mol. The van der Waals surface area contributed by atoms with E-state index in [4.69, 9.17) is 5.73 Å². The van der Waals surface area contributed by atoms with Crippen molar-refractivity contribution in [2.75, 3.05) is 18.0 Å². The molecule has 1 unspecified atom stereocenters.